The van der Waals surface area contributed by atoms with Gasteiger partial charge < -0.3 is 20.7 Å². The molecule has 3 amide bonds. The third kappa shape index (κ3) is 3.74. The van der Waals surface area contributed by atoms with Crippen LogP contribution in [0, 0.1) is 13.8 Å². The highest BCUT2D eigenvalue weighted by atomic mass is 16.5. The van der Waals surface area contributed by atoms with Crippen molar-refractivity contribution in [3.05, 3.63) is 53.1 Å². The van der Waals surface area contributed by atoms with Gasteiger partial charge in [0.25, 0.3) is 5.91 Å². The molecule has 1 heterocycles. The molecule has 3 N–H and O–H groups in total. The molecule has 1 unspecified atom stereocenters. The maximum atomic E-state index is 12.3. The van der Waals surface area contributed by atoms with Gasteiger partial charge in [-0.3, -0.25) is 4.79 Å². The van der Waals surface area contributed by atoms with E-state index in [2.05, 4.69) is 16.0 Å². The van der Waals surface area contributed by atoms with E-state index in [0.717, 1.165) is 22.4 Å². The highest BCUT2D eigenvalue weighted by molar-refractivity contribution is 5.95. The molecular formula is C19H21N3O3. The number of hydrogen-bond acceptors (Lipinski definition) is 3. The van der Waals surface area contributed by atoms with Crippen LogP contribution in [0.25, 0.3) is 0 Å². The first-order chi connectivity index (χ1) is 11.9. The predicted molar refractivity (Wildman–Crippen MR) is 97.1 cm³/mol. The lowest BCUT2D eigenvalue weighted by Crippen LogP contribution is -2.32. The van der Waals surface area contributed by atoms with Gasteiger partial charge in [-0.25, -0.2) is 4.79 Å². The monoisotopic (exact) mass is 339 g/mol. The Morgan fingerprint density at radius 1 is 1.20 bits per heavy atom. The summed E-state index contributed by atoms with van der Waals surface area (Å²) < 4.78 is 5.35. The Morgan fingerprint density at radius 3 is 2.64 bits per heavy atom. The zero-order chi connectivity index (χ0) is 18.0. The van der Waals surface area contributed by atoms with Gasteiger partial charge in [-0.05, 0) is 49.6 Å². The third-order valence-corrected chi connectivity index (χ3v) is 4.20. The summed E-state index contributed by atoms with van der Waals surface area (Å²) in [4.78, 5) is 23.8. The molecule has 0 saturated heterocycles. The Hall–Kier alpha value is -3.02. The van der Waals surface area contributed by atoms with E-state index in [1.807, 2.05) is 51.1 Å². The van der Waals surface area contributed by atoms with Crippen molar-refractivity contribution in [2.75, 3.05) is 17.2 Å². The zero-order valence-corrected chi connectivity index (χ0v) is 14.5. The van der Waals surface area contributed by atoms with Crippen LogP contribution in [0.15, 0.2) is 36.4 Å². The number of carbonyl (C=O) groups excluding carboxylic acids is 2. The summed E-state index contributed by atoms with van der Waals surface area (Å²) in [5, 5.41) is 8.59. The summed E-state index contributed by atoms with van der Waals surface area (Å²) in [6.45, 7) is 5.83. The summed E-state index contributed by atoms with van der Waals surface area (Å²) >= 11 is 0. The molecule has 0 aromatic heterocycles. The predicted octanol–water partition coefficient (Wildman–Crippen LogP) is 3.52. The molecule has 0 saturated carbocycles. The number of ether oxygens (including phenoxy) is 1. The summed E-state index contributed by atoms with van der Waals surface area (Å²) in [5.74, 6) is 0.452. The maximum Gasteiger partial charge on any atom is 0.319 e. The van der Waals surface area contributed by atoms with Crippen LogP contribution >= 0.6 is 0 Å². The normalized spacial score (nSPS) is 14.0. The molecule has 3 rings (SSSR count). The van der Waals surface area contributed by atoms with E-state index in [0.29, 0.717) is 11.4 Å². The third-order valence-electron chi connectivity index (χ3n) is 4.20. The first kappa shape index (κ1) is 16.8. The van der Waals surface area contributed by atoms with E-state index >= 15 is 0 Å². The molecule has 25 heavy (non-hydrogen) atoms. The molecule has 130 valence electrons. The lowest BCUT2D eigenvalue weighted by atomic mass is 10.1. The minimum absolute atomic E-state index is 0.0261. The Morgan fingerprint density at radius 2 is 1.92 bits per heavy atom. The molecule has 0 spiro atoms. The molecule has 1 atom stereocenters. The molecule has 0 aliphatic carbocycles. The van der Waals surface area contributed by atoms with Crippen LogP contribution in [0.4, 0.5) is 16.2 Å². The molecule has 1 aliphatic heterocycles. The highest BCUT2D eigenvalue weighted by Gasteiger charge is 2.18. The topological polar surface area (TPSA) is 79.5 Å². The van der Waals surface area contributed by atoms with Crippen molar-refractivity contribution in [1.82, 2.24) is 5.32 Å². The first-order valence-corrected chi connectivity index (χ1v) is 8.14. The number of carbonyl (C=O) groups is 2. The van der Waals surface area contributed by atoms with Crippen LogP contribution in [0.5, 0.6) is 5.75 Å². The summed E-state index contributed by atoms with van der Waals surface area (Å²) in [6.07, 6.45) is 0. The number of amides is 3. The molecule has 1 aliphatic rings. The summed E-state index contributed by atoms with van der Waals surface area (Å²) in [6, 6.07) is 10.9. The standard InChI is InChI=1S/C19H21N3O3/c1-11-5-4-6-12(2)18(11)22-19(24)20-13(3)14-7-8-16-15(9-14)21-17(23)10-25-16/h4-9,13H,10H2,1-3H3,(H,21,23)(H2,20,22,24). The van der Waals surface area contributed by atoms with E-state index in [-0.39, 0.29) is 24.6 Å². The minimum Gasteiger partial charge on any atom is -0.482 e. The fraction of sp³-hybridized carbons (Fsp3) is 0.263. The molecule has 2 aromatic rings. The number of para-hydroxylation sites is 1. The Labute approximate surface area is 146 Å². The van der Waals surface area contributed by atoms with Crippen molar-refractivity contribution in [3.8, 4) is 5.75 Å². The quantitative estimate of drug-likeness (QED) is 0.800. The van der Waals surface area contributed by atoms with E-state index in [9.17, 15) is 9.59 Å². The number of fused-ring (bicyclic) bond motifs is 1. The van der Waals surface area contributed by atoms with E-state index < -0.39 is 0 Å². The van der Waals surface area contributed by atoms with Gasteiger partial charge >= 0.3 is 6.03 Å². The summed E-state index contributed by atoms with van der Waals surface area (Å²) in [7, 11) is 0. The molecular weight excluding hydrogens is 318 g/mol. The van der Waals surface area contributed by atoms with Crippen LogP contribution in [-0.4, -0.2) is 18.5 Å². The molecule has 2 aromatic carbocycles. The fourth-order valence-corrected chi connectivity index (χ4v) is 2.81. The van der Waals surface area contributed by atoms with Crippen molar-refractivity contribution >= 4 is 23.3 Å². The lowest BCUT2D eigenvalue weighted by Gasteiger charge is -2.21. The summed E-state index contributed by atoms with van der Waals surface area (Å²) in [5.41, 5.74) is 4.34. The van der Waals surface area contributed by atoms with Gasteiger partial charge in [0.1, 0.15) is 5.75 Å². The molecule has 6 nitrogen and oxygen atoms in total. The molecule has 0 radical (unpaired) electrons. The van der Waals surface area contributed by atoms with Gasteiger partial charge in [0.05, 0.1) is 11.7 Å². The van der Waals surface area contributed by atoms with E-state index in [4.69, 9.17) is 4.74 Å². The smallest absolute Gasteiger partial charge is 0.319 e. The number of aryl methyl sites for hydroxylation is 2. The fourth-order valence-electron chi connectivity index (χ4n) is 2.81. The van der Waals surface area contributed by atoms with Crippen molar-refractivity contribution in [1.29, 1.82) is 0 Å². The van der Waals surface area contributed by atoms with Crippen LogP contribution in [0.1, 0.15) is 29.7 Å². The molecule has 0 bridgehead atoms. The maximum absolute atomic E-state index is 12.3. The van der Waals surface area contributed by atoms with Crippen LogP contribution < -0.4 is 20.7 Å². The number of nitrogens with one attached hydrogen (secondary N) is 3. The SMILES string of the molecule is Cc1cccc(C)c1NC(=O)NC(C)c1ccc2c(c1)NC(=O)CO2. The van der Waals surface area contributed by atoms with Crippen molar-refractivity contribution in [3.63, 3.8) is 0 Å². The van der Waals surface area contributed by atoms with Crippen LogP contribution in [-0.2, 0) is 4.79 Å². The van der Waals surface area contributed by atoms with Gasteiger partial charge in [-0.1, -0.05) is 24.3 Å². The van der Waals surface area contributed by atoms with Gasteiger partial charge in [0.15, 0.2) is 6.61 Å². The van der Waals surface area contributed by atoms with E-state index in [1.165, 1.54) is 0 Å². The number of urea groups is 1. The van der Waals surface area contributed by atoms with Gasteiger partial charge in [-0.2, -0.15) is 0 Å². The lowest BCUT2D eigenvalue weighted by molar-refractivity contribution is -0.118. The average molecular weight is 339 g/mol. The Balaban J connectivity index is 1.70. The second-order valence-corrected chi connectivity index (χ2v) is 6.18. The zero-order valence-electron chi connectivity index (χ0n) is 14.5. The molecule has 6 heteroatoms. The average Bonchev–Trinajstić information content (AvgIpc) is 2.57. The number of anilines is 2. The van der Waals surface area contributed by atoms with Gasteiger partial charge in [0, 0.05) is 5.69 Å². The van der Waals surface area contributed by atoms with Gasteiger partial charge in [-0.15, -0.1) is 0 Å². The second kappa shape index (κ2) is 6.84. The van der Waals surface area contributed by atoms with Gasteiger partial charge in [0.2, 0.25) is 0 Å². The minimum atomic E-state index is -0.275. The highest BCUT2D eigenvalue weighted by Crippen LogP contribution is 2.30. The number of hydrogen-bond donors (Lipinski definition) is 3. The van der Waals surface area contributed by atoms with Crippen molar-refractivity contribution in [2.45, 2.75) is 26.8 Å². The Bertz CT molecular complexity index is 812. The second-order valence-electron chi connectivity index (χ2n) is 6.18. The van der Waals surface area contributed by atoms with Crippen molar-refractivity contribution < 1.29 is 14.3 Å². The number of benzene rings is 2. The molecule has 0 fully saturated rings. The van der Waals surface area contributed by atoms with Crippen LogP contribution in [0.3, 0.4) is 0 Å². The van der Waals surface area contributed by atoms with E-state index in [1.54, 1.807) is 6.07 Å². The van der Waals surface area contributed by atoms with Crippen molar-refractivity contribution in [2.24, 2.45) is 0 Å². The largest absolute Gasteiger partial charge is 0.482 e. The first-order valence-electron chi connectivity index (χ1n) is 8.14. The Kier molecular flexibility index (Phi) is 4.61. The number of rotatable bonds is 3. The van der Waals surface area contributed by atoms with Crippen LogP contribution in [0.2, 0.25) is 0 Å².